The number of benzene rings is 2. The van der Waals surface area contributed by atoms with Gasteiger partial charge in [-0.2, -0.15) is 0 Å². The van der Waals surface area contributed by atoms with Gasteiger partial charge >= 0.3 is 0 Å². The van der Waals surface area contributed by atoms with E-state index in [0.717, 1.165) is 5.56 Å². The Morgan fingerprint density at radius 1 is 0.971 bits per heavy atom. The molecule has 1 saturated heterocycles. The Balaban J connectivity index is 1.58. The summed E-state index contributed by atoms with van der Waals surface area (Å²) in [5, 5.41) is 60.0. The van der Waals surface area contributed by atoms with Gasteiger partial charge in [-0.25, -0.2) is 0 Å². The van der Waals surface area contributed by atoms with Crippen LogP contribution in [0.4, 0.5) is 0 Å². The minimum Gasteiger partial charge on any atom is -0.504 e. The summed E-state index contributed by atoms with van der Waals surface area (Å²) in [7, 11) is 1.47. The number of hydrogen-bond donors (Lipinski definition) is 6. The highest BCUT2D eigenvalue weighted by Crippen LogP contribution is 2.52. The van der Waals surface area contributed by atoms with Crippen LogP contribution in [-0.4, -0.2) is 81.7 Å². The third-order valence-electron chi connectivity index (χ3n) is 6.56. The van der Waals surface area contributed by atoms with Crippen molar-refractivity contribution in [3.05, 3.63) is 47.0 Å². The van der Waals surface area contributed by atoms with E-state index in [-0.39, 0.29) is 24.7 Å². The van der Waals surface area contributed by atoms with Crippen molar-refractivity contribution in [1.82, 2.24) is 0 Å². The molecule has 2 aliphatic rings. The average molecular weight is 493 g/mol. The van der Waals surface area contributed by atoms with Gasteiger partial charge in [0.25, 0.3) is 0 Å². The lowest BCUT2D eigenvalue weighted by Gasteiger charge is -2.38. The fourth-order valence-electron chi connectivity index (χ4n) is 4.62. The number of phenols is 1. The van der Waals surface area contributed by atoms with Crippen molar-refractivity contribution in [2.24, 2.45) is 0 Å². The predicted octanol–water partition coefficient (Wildman–Crippen LogP) is 0.742. The van der Waals surface area contributed by atoms with Gasteiger partial charge in [0.05, 0.1) is 25.7 Å². The van der Waals surface area contributed by atoms with Gasteiger partial charge in [0.1, 0.15) is 35.9 Å². The first-order valence-corrected chi connectivity index (χ1v) is 11.6. The molecule has 2 unspecified atom stereocenters. The van der Waals surface area contributed by atoms with Crippen LogP contribution in [-0.2, 0) is 11.2 Å². The quantitative estimate of drug-likeness (QED) is 0.310. The van der Waals surface area contributed by atoms with Crippen LogP contribution in [0.5, 0.6) is 23.0 Å². The van der Waals surface area contributed by atoms with Crippen molar-refractivity contribution in [3.8, 4) is 23.0 Å². The van der Waals surface area contributed by atoms with Crippen LogP contribution in [0.15, 0.2) is 30.3 Å². The Bertz CT molecular complexity index is 1030. The summed E-state index contributed by atoms with van der Waals surface area (Å²) in [6.07, 6.45) is -5.58. The maximum absolute atomic E-state index is 10.5. The van der Waals surface area contributed by atoms with Crippen LogP contribution in [0.2, 0.25) is 0 Å². The first kappa shape index (κ1) is 25.5. The molecule has 2 heterocycles. The molecule has 1 fully saturated rings. The molecule has 4 rings (SSSR count). The zero-order valence-corrected chi connectivity index (χ0v) is 19.6. The van der Waals surface area contributed by atoms with Crippen molar-refractivity contribution >= 4 is 0 Å². The second-order valence-corrected chi connectivity index (χ2v) is 8.89. The maximum Gasteiger partial charge on any atom is 0.229 e. The molecule has 2 aliphatic heterocycles. The van der Waals surface area contributed by atoms with Gasteiger partial charge in [-0.1, -0.05) is 6.07 Å². The Morgan fingerprint density at radius 2 is 1.74 bits per heavy atom. The third-order valence-corrected chi connectivity index (χ3v) is 6.56. The second-order valence-electron chi connectivity index (χ2n) is 8.89. The van der Waals surface area contributed by atoms with Crippen molar-refractivity contribution in [2.75, 3.05) is 20.3 Å². The van der Waals surface area contributed by atoms with Crippen molar-refractivity contribution in [2.45, 2.75) is 62.5 Å². The summed E-state index contributed by atoms with van der Waals surface area (Å²) in [6, 6.07) is 8.35. The summed E-state index contributed by atoms with van der Waals surface area (Å²) in [5.41, 5.74) is 2.12. The van der Waals surface area contributed by atoms with E-state index in [4.69, 9.17) is 24.1 Å². The van der Waals surface area contributed by atoms with Gasteiger partial charge in [-0.15, -0.1) is 0 Å². The number of hydrogen-bond acceptors (Lipinski definition) is 10. The lowest BCUT2D eigenvalue weighted by molar-refractivity contribution is -0.268. The van der Waals surface area contributed by atoms with E-state index >= 15 is 0 Å². The number of aliphatic hydroxyl groups excluding tert-OH is 5. The second kappa shape index (κ2) is 10.6. The molecule has 2 aromatic carbocycles. The molecular weight excluding hydrogens is 460 g/mol. The van der Waals surface area contributed by atoms with Gasteiger partial charge in [-0.05, 0) is 43.5 Å². The van der Waals surface area contributed by atoms with Crippen molar-refractivity contribution in [3.63, 3.8) is 0 Å². The van der Waals surface area contributed by atoms with Crippen LogP contribution < -0.4 is 14.2 Å². The zero-order chi connectivity index (χ0) is 25.3. The van der Waals surface area contributed by atoms with E-state index in [1.54, 1.807) is 31.2 Å². The molecule has 0 aliphatic carbocycles. The summed E-state index contributed by atoms with van der Waals surface area (Å²) in [4.78, 5) is 0. The monoisotopic (exact) mass is 492 g/mol. The molecule has 6 N–H and O–H groups in total. The molecule has 7 atom stereocenters. The van der Waals surface area contributed by atoms with E-state index in [0.29, 0.717) is 35.5 Å². The van der Waals surface area contributed by atoms with E-state index in [1.807, 2.05) is 6.07 Å². The fraction of sp³-hybridized carbons (Fsp3) is 0.520. The standard InChI is InChI=1S/C25H32O10/c1-12-20(29)21(30)22(31)25(33-12)34-14-5-6-15(19(10-14)32-2)23-17(11-27)16-8-13(4-3-7-26)9-18(28)24(16)35-23/h5-6,8-10,12,17,20-23,25-31H,3-4,7,11H2,1-2H3/t12-,17?,20-,21+,22+,23?,25-/m0/s1. The smallest absolute Gasteiger partial charge is 0.229 e. The molecule has 2 aromatic rings. The largest absolute Gasteiger partial charge is 0.504 e. The highest BCUT2D eigenvalue weighted by atomic mass is 16.7. The maximum atomic E-state index is 10.5. The average Bonchev–Trinajstić information content (AvgIpc) is 3.23. The van der Waals surface area contributed by atoms with Gasteiger partial charge in [0.15, 0.2) is 11.5 Å². The Labute approximate surface area is 202 Å². The van der Waals surface area contributed by atoms with Gasteiger partial charge in [0.2, 0.25) is 6.29 Å². The van der Waals surface area contributed by atoms with Crippen molar-refractivity contribution in [1.29, 1.82) is 0 Å². The first-order chi connectivity index (χ1) is 16.8. The van der Waals surface area contributed by atoms with Crippen LogP contribution in [0.1, 0.15) is 42.1 Å². The molecule has 0 amide bonds. The SMILES string of the molecule is COc1cc(O[C@@H]2O[C@@H](C)[C@H](O)[C@@H](O)[C@H]2O)ccc1C1Oc2c(O)cc(CCCO)cc2C1CO. The number of aliphatic hydroxyl groups is 5. The molecule has 0 bridgehead atoms. The van der Waals surface area contributed by atoms with E-state index in [9.17, 15) is 25.5 Å². The van der Waals surface area contributed by atoms with E-state index < -0.39 is 42.7 Å². The van der Waals surface area contributed by atoms with Gasteiger partial charge in [0, 0.05) is 23.8 Å². The molecule has 0 aromatic heterocycles. The van der Waals surface area contributed by atoms with Crippen LogP contribution in [0.25, 0.3) is 0 Å². The van der Waals surface area contributed by atoms with E-state index in [2.05, 4.69) is 0 Å². The molecule has 0 radical (unpaired) electrons. The molecule has 0 saturated carbocycles. The van der Waals surface area contributed by atoms with Crippen LogP contribution in [0, 0.1) is 0 Å². The summed E-state index contributed by atoms with van der Waals surface area (Å²) in [6.45, 7) is 1.37. The molecular formula is C25H32O10. The van der Waals surface area contributed by atoms with Gasteiger partial charge in [-0.3, -0.25) is 0 Å². The van der Waals surface area contributed by atoms with Crippen LogP contribution >= 0.6 is 0 Å². The number of ether oxygens (including phenoxy) is 4. The molecule has 192 valence electrons. The minimum atomic E-state index is -1.46. The van der Waals surface area contributed by atoms with Gasteiger partial charge < -0.3 is 49.6 Å². The molecule has 0 spiro atoms. The Morgan fingerprint density at radius 3 is 2.43 bits per heavy atom. The number of fused-ring (bicyclic) bond motifs is 1. The van der Waals surface area contributed by atoms with E-state index in [1.165, 1.54) is 7.11 Å². The number of rotatable bonds is 8. The molecule has 35 heavy (non-hydrogen) atoms. The lowest BCUT2D eigenvalue weighted by Crippen LogP contribution is -2.58. The summed E-state index contributed by atoms with van der Waals surface area (Å²) >= 11 is 0. The Hall–Kier alpha value is -2.60. The first-order valence-electron chi connectivity index (χ1n) is 11.6. The predicted molar refractivity (Wildman–Crippen MR) is 123 cm³/mol. The summed E-state index contributed by atoms with van der Waals surface area (Å²) < 4.78 is 22.8. The normalized spacial score (nSPS) is 30.0. The van der Waals surface area contributed by atoms with Crippen molar-refractivity contribution < 1.29 is 49.6 Å². The number of aromatic hydroxyl groups is 1. The molecule has 10 heteroatoms. The third kappa shape index (κ3) is 4.90. The lowest BCUT2D eigenvalue weighted by atomic mass is 9.89. The Kier molecular flexibility index (Phi) is 7.70. The topological polar surface area (TPSA) is 158 Å². The number of methoxy groups -OCH3 is 1. The molecule has 10 nitrogen and oxygen atoms in total. The zero-order valence-electron chi connectivity index (χ0n) is 19.6. The highest BCUT2D eigenvalue weighted by Gasteiger charge is 2.43. The summed E-state index contributed by atoms with van der Waals surface area (Å²) in [5.74, 6) is 0.470. The minimum absolute atomic E-state index is 0.0337. The number of aryl methyl sites for hydroxylation is 1. The fourth-order valence-corrected chi connectivity index (χ4v) is 4.62. The highest BCUT2D eigenvalue weighted by molar-refractivity contribution is 5.56. The van der Waals surface area contributed by atoms with Crippen LogP contribution in [0.3, 0.4) is 0 Å². The number of phenolic OH excluding ortho intramolecular Hbond substituents is 1.